The number of benzene rings is 1. The topological polar surface area (TPSA) is 89.9 Å². The molecule has 2 amide bonds. The molecule has 0 aliphatic carbocycles. The molecule has 3 N–H and O–H groups in total. The fraction of sp³-hybridized carbons (Fsp3) is 0.429. The number of urea groups is 1. The van der Waals surface area contributed by atoms with Crippen molar-refractivity contribution in [2.75, 3.05) is 18.5 Å². The monoisotopic (exact) mass is 356 g/mol. The van der Waals surface area contributed by atoms with E-state index in [4.69, 9.17) is 5.11 Å². The summed E-state index contributed by atoms with van der Waals surface area (Å²) in [5.74, 6) is -1.06. The first-order chi connectivity index (χ1) is 10.0. The summed E-state index contributed by atoms with van der Waals surface area (Å²) in [5, 5.41) is 21.0. The molecule has 1 saturated heterocycles. The summed E-state index contributed by atoms with van der Waals surface area (Å²) < 4.78 is 0.579. The van der Waals surface area contributed by atoms with Crippen LogP contribution in [0.1, 0.15) is 29.6 Å². The predicted octanol–water partition coefficient (Wildman–Crippen LogP) is 2.53. The van der Waals surface area contributed by atoms with Gasteiger partial charge < -0.3 is 20.4 Å². The van der Waals surface area contributed by atoms with Gasteiger partial charge in [0.15, 0.2) is 0 Å². The Morgan fingerprint density at radius 1 is 1.33 bits per heavy atom. The van der Waals surface area contributed by atoms with Crippen LogP contribution in [0.15, 0.2) is 22.7 Å². The van der Waals surface area contributed by atoms with Crippen LogP contribution < -0.4 is 5.32 Å². The van der Waals surface area contributed by atoms with Gasteiger partial charge >= 0.3 is 12.0 Å². The van der Waals surface area contributed by atoms with Crippen LogP contribution in [0.25, 0.3) is 0 Å². The SMILES string of the molecule is O=C(O)c1cc(Br)cc(NC(=O)N2CCCCC2CO)c1. The summed E-state index contributed by atoms with van der Waals surface area (Å²) in [4.78, 5) is 24.9. The minimum absolute atomic E-state index is 0.0632. The summed E-state index contributed by atoms with van der Waals surface area (Å²) >= 11 is 3.22. The second-order valence-corrected chi connectivity index (χ2v) is 5.91. The van der Waals surface area contributed by atoms with Crippen LogP contribution in [0.5, 0.6) is 0 Å². The van der Waals surface area contributed by atoms with Crippen molar-refractivity contribution < 1.29 is 19.8 Å². The van der Waals surface area contributed by atoms with Gasteiger partial charge in [-0.3, -0.25) is 0 Å². The molecule has 1 aromatic carbocycles. The Hall–Kier alpha value is -1.60. The van der Waals surface area contributed by atoms with Crippen LogP contribution in [0.3, 0.4) is 0 Å². The highest BCUT2D eigenvalue weighted by Crippen LogP contribution is 2.22. The number of carbonyl (C=O) groups excluding carboxylic acids is 1. The Kier molecular flexibility index (Phi) is 5.19. The van der Waals surface area contributed by atoms with Crippen LogP contribution in [-0.2, 0) is 0 Å². The number of hydrogen-bond acceptors (Lipinski definition) is 3. The Bertz CT molecular complexity index is 550. The van der Waals surface area contributed by atoms with Crippen molar-refractivity contribution in [2.24, 2.45) is 0 Å². The zero-order chi connectivity index (χ0) is 15.4. The van der Waals surface area contributed by atoms with Gasteiger partial charge in [-0.25, -0.2) is 9.59 Å². The van der Waals surface area contributed by atoms with E-state index in [1.807, 2.05) is 0 Å². The van der Waals surface area contributed by atoms with Gasteiger partial charge in [-0.15, -0.1) is 0 Å². The summed E-state index contributed by atoms with van der Waals surface area (Å²) in [6.07, 6.45) is 2.68. The predicted molar refractivity (Wildman–Crippen MR) is 81.6 cm³/mol. The van der Waals surface area contributed by atoms with E-state index in [2.05, 4.69) is 21.2 Å². The lowest BCUT2D eigenvalue weighted by Crippen LogP contribution is -2.47. The third kappa shape index (κ3) is 3.95. The molecule has 2 rings (SSSR count). The number of aliphatic hydroxyl groups is 1. The molecular formula is C14H17BrN2O4. The van der Waals surface area contributed by atoms with E-state index in [1.165, 1.54) is 12.1 Å². The van der Waals surface area contributed by atoms with E-state index in [-0.39, 0.29) is 24.2 Å². The van der Waals surface area contributed by atoms with Crippen molar-refractivity contribution in [1.82, 2.24) is 4.90 Å². The van der Waals surface area contributed by atoms with Crippen LogP contribution in [-0.4, -0.2) is 46.3 Å². The number of likely N-dealkylation sites (tertiary alicyclic amines) is 1. The first-order valence-corrected chi connectivity index (χ1v) is 7.53. The lowest BCUT2D eigenvalue weighted by molar-refractivity contribution is 0.0696. The van der Waals surface area contributed by atoms with E-state index in [1.54, 1.807) is 11.0 Å². The van der Waals surface area contributed by atoms with E-state index in [9.17, 15) is 14.7 Å². The van der Waals surface area contributed by atoms with Crippen molar-refractivity contribution in [2.45, 2.75) is 25.3 Å². The minimum Gasteiger partial charge on any atom is -0.478 e. The van der Waals surface area contributed by atoms with Crippen molar-refractivity contribution in [1.29, 1.82) is 0 Å². The van der Waals surface area contributed by atoms with Gasteiger partial charge in [0.1, 0.15) is 0 Å². The van der Waals surface area contributed by atoms with Crippen molar-refractivity contribution >= 4 is 33.6 Å². The average molecular weight is 357 g/mol. The number of nitrogens with one attached hydrogen (secondary N) is 1. The minimum atomic E-state index is -1.06. The third-order valence-electron chi connectivity index (χ3n) is 3.49. The van der Waals surface area contributed by atoms with Gasteiger partial charge in [0, 0.05) is 16.7 Å². The lowest BCUT2D eigenvalue weighted by atomic mass is 10.0. The van der Waals surface area contributed by atoms with E-state index in [0.29, 0.717) is 16.7 Å². The summed E-state index contributed by atoms with van der Waals surface area (Å²) in [6, 6.07) is 4.02. The maximum absolute atomic E-state index is 12.3. The smallest absolute Gasteiger partial charge is 0.335 e. The molecule has 1 aliphatic rings. The zero-order valence-corrected chi connectivity index (χ0v) is 13.0. The zero-order valence-electron chi connectivity index (χ0n) is 11.4. The number of anilines is 1. The number of carboxylic acids is 1. The Labute approximate surface area is 130 Å². The van der Waals surface area contributed by atoms with Crippen LogP contribution in [0.2, 0.25) is 0 Å². The molecule has 0 spiro atoms. The normalized spacial score (nSPS) is 18.4. The average Bonchev–Trinajstić information content (AvgIpc) is 2.46. The number of halogens is 1. The summed E-state index contributed by atoms with van der Waals surface area (Å²) in [7, 11) is 0. The summed E-state index contributed by atoms with van der Waals surface area (Å²) in [6.45, 7) is 0.531. The Morgan fingerprint density at radius 2 is 2.10 bits per heavy atom. The number of nitrogens with zero attached hydrogens (tertiary/aromatic N) is 1. The van der Waals surface area contributed by atoms with Gasteiger partial charge in [0.25, 0.3) is 0 Å². The van der Waals surface area contributed by atoms with Gasteiger partial charge in [-0.1, -0.05) is 15.9 Å². The highest BCUT2D eigenvalue weighted by molar-refractivity contribution is 9.10. The molecule has 0 saturated carbocycles. The second kappa shape index (κ2) is 6.91. The molecule has 1 atom stereocenters. The summed E-state index contributed by atoms with van der Waals surface area (Å²) in [5.41, 5.74) is 0.506. The number of carboxylic acid groups (broad SMARTS) is 1. The highest BCUT2D eigenvalue weighted by atomic mass is 79.9. The molecule has 7 heteroatoms. The van der Waals surface area contributed by atoms with E-state index in [0.717, 1.165) is 19.3 Å². The van der Waals surface area contributed by atoms with Crippen LogP contribution >= 0.6 is 15.9 Å². The Morgan fingerprint density at radius 3 is 2.76 bits per heavy atom. The van der Waals surface area contributed by atoms with Crippen molar-refractivity contribution in [3.63, 3.8) is 0 Å². The number of aromatic carboxylic acids is 1. The highest BCUT2D eigenvalue weighted by Gasteiger charge is 2.26. The van der Waals surface area contributed by atoms with E-state index >= 15 is 0 Å². The number of carbonyl (C=O) groups is 2. The second-order valence-electron chi connectivity index (χ2n) is 4.99. The molecule has 6 nitrogen and oxygen atoms in total. The lowest BCUT2D eigenvalue weighted by Gasteiger charge is -2.34. The first-order valence-electron chi connectivity index (χ1n) is 6.73. The standard InChI is InChI=1S/C14H17BrN2O4/c15-10-5-9(13(19)20)6-11(7-10)16-14(21)17-4-2-1-3-12(17)8-18/h5-7,12,18H,1-4,8H2,(H,16,21)(H,19,20). The molecule has 0 bridgehead atoms. The molecule has 1 unspecified atom stereocenters. The van der Waals surface area contributed by atoms with Crippen molar-refractivity contribution in [3.8, 4) is 0 Å². The Balaban J connectivity index is 2.13. The molecule has 21 heavy (non-hydrogen) atoms. The quantitative estimate of drug-likeness (QED) is 0.776. The molecule has 1 aliphatic heterocycles. The van der Waals surface area contributed by atoms with Crippen molar-refractivity contribution in [3.05, 3.63) is 28.2 Å². The maximum Gasteiger partial charge on any atom is 0.335 e. The molecule has 114 valence electrons. The molecule has 1 fully saturated rings. The molecule has 1 heterocycles. The van der Waals surface area contributed by atoms with Gasteiger partial charge in [0.05, 0.1) is 18.2 Å². The van der Waals surface area contributed by atoms with Gasteiger partial charge in [-0.2, -0.15) is 0 Å². The fourth-order valence-corrected chi connectivity index (χ4v) is 2.93. The number of aliphatic hydroxyl groups excluding tert-OH is 1. The first kappa shape index (κ1) is 15.8. The third-order valence-corrected chi connectivity index (χ3v) is 3.95. The molecule has 0 aromatic heterocycles. The van der Waals surface area contributed by atoms with Gasteiger partial charge in [0.2, 0.25) is 0 Å². The number of hydrogen-bond donors (Lipinski definition) is 3. The number of piperidine rings is 1. The van der Waals surface area contributed by atoms with Crippen LogP contribution in [0.4, 0.5) is 10.5 Å². The number of rotatable bonds is 3. The number of amides is 2. The van der Waals surface area contributed by atoms with E-state index < -0.39 is 5.97 Å². The van der Waals surface area contributed by atoms with Crippen LogP contribution in [0, 0.1) is 0 Å². The fourth-order valence-electron chi connectivity index (χ4n) is 2.44. The molecule has 0 radical (unpaired) electrons. The molecular weight excluding hydrogens is 340 g/mol. The molecule has 1 aromatic rings. The largest absolute Gasteiger partial charge is 0.478 e. The van der Waals surface area contributed by atoms with Gasteiger partial charge in [-0.05, 0) is 37.5 Å². The maximum atomic E-state index is 12.3.